The van der Waals surface area contributed by atoms with Gasteiger partial charge in [0.1, 0.15) is 0 Å². The van der Waals surface area contributed by atoms with Gasteiger partial charge in [-0.2, -0.15) is 5.26 Å². The molecular weight excluding hydrogens is 272 g/mol. The Morgan fingerprint density at radius 1 is 1.18 bits per heavy atom. The lowest BCUT2D eigenvalue weighted by Gasteiger charge is -2.09. The topological polar surface area (TPSA) is 74.2 Å². The monoisotopic (exact) mass is 292 g/mol. The van der Waals surface area contributed by atoms with Gasteiger partial charge in [-0.15, -0.1) is 0 Å². The molecule has 0 aliphatic heterocycles. The fraction of sp³-hybridized carbons (Fsp3) is 0.222. The molecule has 0 aliphatic carbocycles. The fourth-order valence-corrected chi connectivity index (χ4v) is 2.14. The van der Waals surface area contributed by atoms with Crippen LogP contribution in [0.4, 0.5) is 0 Å². The smallest absolute Gasteiger partial charge is 0.189 e. The number of hydrogen-bond donors (Lipinski definition) is 2. The molecule has 2 aromatic carbocycles. The third-order valence-corrected chi connectivity index (χ3v) is 3.18. The highest BCUT2D eigenvalue weighted by molar-refractivity contribution is 5.78. The Bertz CT molecular complexity index is 694. The van der Waals surface area contributed by atoms with Gasteiger partial charge in [-0.25, -0.2) is 4.99 Å². The first-order valence-electron chi connectivity index (χ1n) is 7.25. The minimum absolute atomic E-state index is 0.272. The van der Waals surface area contributed by atoms with Gasteiger partial charge in [-0.05, 0) is 36.6 Å². The molecule has 0 heterocycles. The van der Waals surface area contributed by atoms with E-state index in [9.17, 15) is 0 Å². The van der Waals surface area contributed by atoms with Crippen LogP contribution in [-0.4, -0.2) is 12.0 Å². The minimum atomic E-state index is 0.272. The highest BCUT2D eigenvalue weighted by Crippen LogP contribution is 2.23. The Kier molecular flexibility index (Phi) is 5.16. The minimum Gasteiger partial charge on any atom is -0.370 e. The van der Waals surface area contributed by atoms with Crippen molar-refractivity contribution in [3.05, 3.63) is 59.7 Å². The van der Waals surface area contributed by atoms with E-state index in [0.29, 0.717) is 18.1 Å². The van der Waals surface area contributed by atoms with Crippen molar-refractivity contribution in [2.24, 2.45) is 10.7 Å². The van der Waals surface area contributed by atoms with Crippen molar-refractivity contribution in [2.45, 2.75) is 26.4 Å². The largest absolute Gasteiger partial charge is 0.370 e. The van der Waals surface area contributed by atoms with Gasteiger partial charge < -0.3 is 11.1 Å². The molecule has 0 fully saturated rings. The molecule has 2 aromatic rings. The van der Waals surface area contributed by atoms with E-state index < -0.39 is 0 Å². The molecular formula is C18H20N4. The lowest BCUT2D eigenvalue weighted by atomic mass is 9.99. The summed E-state index contributed by atoms with van der Waals surface area (Å²) < 4.78 is 0. The molecule has 0 spiro atoms. The second-order valence-electron chi connectivity index (χ2n) is 5.35. The summed E-state index contributed by atoms with van der Waals surface area (Å²) in [5.41, 5.74) is 9.51. The van der Waals surface area contributed by atoms with E-state index in [-0.39, 0.29) is 6.04 Å². The molecule has 0 radical (unpaired) electrons. The van der Waals surface area contributed by atoms with Crippen LogP contribution in [0.25, 0.3) is 11.1 Å². The van der Waals surface area contributed by atoms with Crippen LogP contribution < -0.4 is 11.1 Å². The predicted octanol–water partition coefficient (Wildman–Crippen LogP) is 3.04. The van der Waals surface area contributed by atoms with Crippen molar-refractivity contribution in [2.75, 3.05) is 0 Å². The molecule has 0 bridgehead atoms. The summed E-state index contributed by atoms with van der Waals surface area (Å²) in [6.07, 6.45) is 0. The zero-order chi connectivity index (χ0) is 15.9. The van der Waals surface area contributed by atoms with E-state index in [1.807, 2.05) is 62.4 Å². The highest BCUT2D eigenvalue weighted by Gasteiger charge is 2.03. The SMILES string of the molecule is CC(C)NC(N)=NCc1ccc(-c2ccccc2C#N)cc1. The number of hydrogen-bond acceptors (Lipinski definition) is 2. The van der Waals surface area contributed by atoms with Gasteiger partial charge in [-0.1, -0.05) is 42.5 Å². The van der Waals surface area contributed by atoms with Crippen LogP contribution in [-0.2, 0) is 6.54 Å². The summed E-state index contributed by atoms with van der Waals surface area (Å²) in [5.74, 6) is 0.453. The number of nitriles is 1. The quantitative estimate of drug-likeness (QED) is 0.672. The molecule has 22 heavy (non-hydrogen) atoms. The number of rotatable bonds is 4. The predicted molar refractivity (Wildman–Crippen MR) is 90.2 cm³/mol. The molecule has 0 unspecified atom stereocenters. The van der Waals surface area contributed by atoms with E-state index in [1.165, 1.54) is 0 Å². The molecule has 0 atom stereocenters. The van der Waals surface area contributed by atoms with Gasteiger partial charge >= 0.3 is 0 Å². The zero-order valence-corrected chi connectivity index (χ0v) is 12.9. The number of nitrogens with zero attached hydrogens (tertiary/aromatic N) is 2. The summed E-state index contributed by atoms with van der Waals surface area (Å²) in [5, 5.41) is 12.2. The Balaban J connectivity index is 2.13. The van der Waals surface area contributed by atoms with Crippen LogP contribution in [0.2, 0.25) is 0 Å². The van der Waals surface area contributed by atoms with Crippen LogP contribution in [0, 0.1) is 11.3 Å². The molecule has 4 nitrogen and oxygen atoms in total. The molecule has 0 saturated heterocycles. The number of nitrogens with two attached hydrogens (primary N) is 1. The van der Waals surface area contributed by atoms with Gasteiger partial charge in [0.05, 0.1) is 18.2 Å². The first-order valence-corrected chi connectivity index (χ1v) is 7.25. The summed E-state index contributed by atoms with van der Waals surface area (Å²) in [6, 6.07) is 18.1. The molecule has 3 N–H and O–H groups in total. The maximum Gasteiger partial charge on any atom is 0.189 e. The maximum atomic E-state index is 9.16. The first-order chi connectivity index (χ1) is 10.6. The summed E-state index contributed by atoms with van der Waals surface area (Å²) >= 11 is 0. The molecule has 0 saturated carbocycles. The van der Waals surface area contributed by atoms with Crippen molar-refractivity contribution in [3.63, 3.8) is 0 Å². The maximum absolute atomic E-state index is 9.16. The number of guanidine groups is 1. The molecule has 0 aromatic heterocycles. The van der Waals surface area contributed by atoms with E-state index in [2.05, 4.69) is 16.4 Å². The fourth-order valence-electron chi connectivity index (χ4n) is 2.14. The molecule has 2 rings (SSSR count). The Morgan fingerprint density at radius 2 is 1.86 bits per heavy atom. The average Bonchev–Trinajstić information content (AvgIpc) is 2.53. The van der Waals surface area contributed by atoms with Crippen LogP contribution >= 0.6 is 0 Å². The molecule has 4 heteroatoms. The number of benzene rings is 2. The Hall–Kier alpha value is -2.80. The van der Waals surface area contributed by atoms with E-state index in [1.54, 1.807) is 0 Å². The van der Waals surface area contributed by atoms with Gasteiger partial charge in [-0.3, -0.25) is 0 Å². The summed E-state index contributed by atoms with van der Waals surface area (Å²) in [7, 11) is 0. The standard InChI is InChI=1S/C18H20N4/c1-13(2)22-18(20)21-12-14-7-9-15(10-8-14)17-6-4-3-5-16(17)11-19/h3-10,13H,12H2,1-2H3,(H3,20,21,22). The van der Waals surface area contributed by atoms with Crippen LogP contribution in [0.5, 0.6) is 0 Å². The van der Waals surface area contributed by atoms with Crippen molar-refractivity contribution in [3.8, 4) is 17.2 Å². The van der Waals surface area contributed by atoms with E-state index >= 15 is 0 Å². The normalized spacial score (nSPS) is 11.3. The average molecular weight is 292 g/mol. The molecule has 0 aliphatic rings. The lowest BCUT2D eigenvalue weighted by molar-refractivity contribution is 0.723. The van der Waals surface area contributed by atoms with E-state index in [0.717, 1.165) is 16.7 Å². The van der Waals surface area contributed by atoms with Crippen LogP contribution in [0.15, 0.2) is 53.5 Å². The van der Waals surface area contributed by atoms with Crippen molar-refractivity contribution in [1.82, 2.24) is 5.32 Å². The van der Waals surface area contributed by atoms with E-state index in [4.69, 9.17) is 11.0 Å². The van der Waals surface area contributed by atoms with Crippen molar-refractivity contribution >= 4 is 5.96 Å². The molecule has 112 valence electrons. The lowest BCUT2D eigenvalue weighted by Crippen LogP contribution is -2.36. The van der Waals surface area contributed by atoms with Gasteiger partial charge in [0.15, 0.2) is 5.96 Å². The van der Waals surface area contributed by atoms with Gasteiger partial charge in [0.25, 0.3) is 0 Å². The zero-order valence-electron chi connectivity index (χ0n) is 12.9. The summed E-state index contributed by atoms with van der Waals surface area (Å²) in [4.78, 5) is 4.30. The van der Waals surface area contributed by atoms with Crippen LogP contribution in [0.1, 0.15) is 25.0 Å². The Labute approximate surface area is 131 Å². The van der Waals surface area contributed by atoms with Gasteiger partial charge in [0.2, 0.25) is 0 Å². The molecule has 0 amide bonds. The van der Waals surface area contributed by atoms with Crippen LogP contribution in [0.3, 0.4) is 0 Å². The number of aliphatic imine (C=N–C) groups is 1. The first kappa shape index (κ1) is 15.6. The number of nitrogens with one attached hydrogen (secondary N) is 1. The van der Waals surface area contributed by atoms with Gasteiger partial charge in [0, 0.05) is 6.04 Å². The second kappa shape index (κ2) is 7.28. The van der Waals surface area contributed by atoms with Crippen molar-refractivity contribution < 1.29 is 0 Å². The third kappa shape index (κ3) is 4.10. The Morgan fingerprint density at radius 3 is 2.50 bits per heavy atom. The highest BCUT2D eigenvalue weighted by atomic mass is 15.1. The summed E-state index contributed by atoms with van der Waals surface area (Å²) in [6.45, 7) is 4.57. The van der Waals surface area contributed by atoms with Crippen molar-refractivity contribution in [1.29, 1.82) is 5.26 Å². The third-order valence-electron chi connectivity index (χ3n) is 3.18. The second-order valence-corrected chi connectivity index (χ2v) is 5.35.